The first-order valence-electron chi connectivity index (χ1n) is 7.14. The third kappa shape index (κ3) is 4.15. The van der Waals surface area contributed by atoms with Crippen LogP contribution in [0.25, 0.3) is 0 Å². The van der Waals surface area contributed by atoms with Crippen LogP contribution < -0.4 is 16.2 Å². The van der Waals surface area contributed by atoms with E-state index < -0.39 is 0 Å². The van der Waals surface area contributed by atoms with Gasteiger partial charge < -0.3 is 16.2 Å². The Morgan fingerprint density at radius 2 is 2.10 bits per heavy atom. The summed E-state index contributed by atoms with van der Waals surface area (Å²) in [5.41, 5.74) is 11.9. The summed E-state index contributed by atoms with van der Waals surface area (Å²) in [4.78, 5) is 13.9. The molecule has 1 aromatic carbocycles. The Balaban J connectivity index is 1.92. The molecule has 1 aliphatic rings. The Morgan fingerprint density at radius 1 is 1.33 bits per heavy atom. The Labute approximate surface area is 130 Å². The number of primary amides is 1. The van der Waals surface area contributed by atoms with Crippen molar-refractivity contribution in [2.45, 2.75) is 25.3 Å². The molecule has 0 aliphatic carbocycles. The monoisotopic (exact) mass is 307 g/mol. The van der Waals surface area contributed by atoms with Crippen LogP contribution in [0.2, 0.25) is 0 Å². The first-order chi connectivity index (χ1) is 10.1. The number of rotatable bonds is 6. The lowest BCUT2D eigenvalue weighted by Gasteiger charge is -2.33. The van der Waals surface area contributed by atoms with Gasteiger partial charge in [-0.05, 0) is 31.5 Å². The molecular weight excluding hydrogens is 286 g/mol. The Morgan fingerprint density at radius 3 is 2.81 bits per heavy atom. The van der Waals surface area contributed by atoms with Crippen molar-refractivity contribution in [3.05, 3.63) is 29.8 Å². The maximum Gasteiger partial charge on any atom is 0.234 e. The molecule has 2 rings (SSSR count). The molecule has 1 saturated heterocycles. The van der Waals surface area contributed by atoms with Crippen LogP contribution in [-0.2, 0) is 4.79 Å². The van der Waals surface area contributed by atoms with Crippen molar-refractivity contribution in [1.29, 1.82) is 0 Å². The van der Waals surface area contributed by atoms with Crippen molar-refractivity contribution in [3.8, 4) is 5.75 Å². The smallest absolute Gasteiger partial charge is 0.234 e. The second kappa shape index (κ2) is 7.38. The standard InChI is InChI=1S/C15H21N3O2S/c16-14(19)12-6-3-4-8-18(12)9-10-20-13-7-2-1-5-11(13)15(17)21/h1-2,5,7,12H,3-4,6,8-10H2,(H2,16,19)(H2,17,21). The lowest BCUT2D eigenvalue weighted by molar-refractivity contribution is -0.124. The van der Waals surface area contributed by atoms with Crippen molar-refractivity contribution in [3.63, 3.8) is 0 Å². The highest BCUT2D eigenvalue weighted by atomic mass is 32.1. The van der Waals surface area contributed by atoms with Crippen molar-refractivity contribution < 1.29 is 9.53 Å². The topological polar surface area (TPSA) is 81.6 Å². The number of piperidine rings is 1. The first kappa shape index (κ1) is 15.7. The number of benzene rings is 1. The summed E-state index contributed by atoms with van der Waals surface area (Å²) in [6, 6.07) is 7.26. The molecule has 0 bridgehead atoms. The van der Waals surface area contributed by atoms with Crippen LogP contribution in [0.3, 0.4) is 0 Å². The Hall–Kier alpha value is -1.66. The van der Waals surface area contributed by atoms with Crippen LogP contribution >= 0.6 is 12.2 Å². The number of hydrogen-bond acceptors (Lipinski definition) is 4. The van der Waals surface area contributed by atoms with E-state index in [-0.39, 0.29) is 11.9 Å². The maximum atomic E-state index is 11.4. The van der Waals surface area contributed by atoms with Crippen LogP contribution in [0.15, 0.2) is 24.3 Å². The number of amides is 1. The number of carbonyl (C=O) groups excluding carboxylic acids is 1. The molecule has 1 amide bonds. The molecule has 1 aliphatic heterocycles. The van der Waals surface area contributed by atoms with Gasteiger partial charge in [0.05, 0.1) is 11.6 Å². The molecule has 4 N–H and O–H groups in total. The highest BCUT2D eigenvalue weighted by Crippen LogP contribution is 2.19. The van der Waals surface area contributed by atoms with E-state index in [4.69, 9.17) is 28.4 Å². The number of nitrogens with two attached hydrogens (primary N) is 2. The molecule has 1 unspecified atom stereocenters. The molecule has 5 nitrogen and oxygen atoms in total. The number of likely N-dealkylation sites (tertiary alicyclic amines) is 1. The van der Waals surface area contributed by atoms with Crippen LogP contribution in [0, 0.1) is 0 Å². The second-order valence-corrected chi connectivity index (χ2v) is 5.60. The van der Waals surface area contributed by atoms with Gasteiger partial charge in [0.2, 0.25) is 5.91 Å². The van der Waals surface area contributed by atoms with Crippen molar-refractivity contribution in [1.82, 2.24) is 4.90 Å². The van der Waals surface area contributed by atoms with E-state index in [9.17, 15) is 4.79 Å². The third-order valence-corrected chi connectivity index (χ3v) is 3.95. The third-order valence-electron chi connectivity index (χ3n) is 3.73. The molecule has 1 heterocycles. The van der Waals surface area contributed by atoms with Gasteiger partial charge in [0.25, 0.3) is 0 Å². The number of nitrogens with zero attached hydrogens (tertiary/aromatic N) is 1. The summed E-state index contributed by atoms with van der Waals surface area (Å²) in [6.07, 6.45) is 2.97. The van der Waals surface area contributed by atoms with E-state index >= 15 is 0 Å². The van der Waals surface area contributed by atoms with Crippen LogP contribution in [0.4, 0.5) is 0 Å². The number of para-hydroxylation sites is 1. The van der Waals surface area contributed by atoms with Crippen LogP contribution in [0.1, 0.15) is 24.8 Å². The van der Waals surface area contributed by atoms with E-state index in [0.29, 0.717) is 23.9 Å². The zero-order chi connectivity index (χ0) is 15.2. The Kier molecular flexibility index (Phi) is 5.52. The van der Waals surface area contributed by atoms with Gasteiger partial charge in [0, 0.05) is 6.54 Å². The van der Waals surface area contributed by atoms with Gasteiger partial charge in [-0.3, -0.25) is 9.69 Å². The molecule has 0 aromatic heterocycles. The van der Waals surface area contributed by atoms with Gasteiger partial charge in [-0.2, -0.15) is 0 Å². The predicted molar refractivity (Wildman–Crippen MR) is 86.2 cm³/mol. The number of carbonyl (C=O) groups is 1. The predicted octanol–water partition coefficient (Wildman–Crippen LogP) is 1.04. The van der Waals surface area contributed by atoms with E-state index in [2.05, 4.69) is 4.90 Å². The summed E-state index contributed by atoms with van der Waals surface area (Å²) in [7, 11) is 0. The maximum absolute atomic E-state index is 11.4. The fourth-order valence-corrected chi connectivity index (χ4v) is 2.82. The normalized spacial score (nSPS) is 19.1. The van der Waals surface area contributed by atoms with Gasteiger partial charge in [-0.25, -0.2) is 0 Å². The molecule has 114 valence electrons. The molecule has 1 fully saturated rings. The summed E-state index contributed by atoms with van der Waals surface area (Å²) in [6.45, 7) is 2.02. The number of ether oxygens (including phenoxy) is 1. The van der Waals surface area contributed by atoms with Crippen molar-refractivity contribution >= 4 is 23.1 Å². The van der Waals surface area contributed by atoms with Crippen LogP contribution in [-0.4, -0.2) is 41.5 Å². The average Bonchev–Trinajstić information content (AvgIpc) is 2.48. The molecule has 0 saturated carbocycles. The molecule has 1 atom stereocenters. The van der Waals surface area contributed by atoms with Gasteiger partial charge in [-0.15, -0.1) is 0 Å². The fourth-order valence-electron chi connectivity index (χ4n) is 2.65. The SMILES string of the molecule is NC(=O)C1CCCCN1CCOc1ccccc1C(N)=S. The second-order valence-electron chi connectivity index (χ2n) is 5.16. The molecule has 1 aromatic rings. The number of hydrogen-bond donors (Lipinski definition) is 2. The summed E-state index contributed by atoms with van der Waals surface area (Å²) < 4.78 is 5.77. The zero-order valence-electron chi connectivity index (χ0n) is 12.0. The van der Waals surface area contributed by atoms with Gasteiger partial charge in [-0.1, -0.05) is 30.8 Å². The molecule has 6 heteroatoms. The van der Waals surface area contributed by atoms with E-state index in [0.717, 1.165) is 31.4 Å². The molecule has 21 heavy (non-hydrogen) atoms. The van der Waals surface area contributed by atoms with Crippen molar-refractivity contribution in [2.75, 3.05) is 19.7 Å². The highest BCUT2D eigenvalue weighted by molar-refractivity contribution is 7.80. The Bertz CT molecular complexity index is 521. The van der Waals surface area contributed by atoms with Gasteiger partial charge in [0.15, 0.2) is 0 Å². The average molecular weight is 307 g/mol. The fraction of sp³-hybridized carbons (Fsp3) is 0.467. The minimum Gasteiger partial charge on any atom is -0.492 e. The van der Waals surface area contributed by atoms with E-state index in [1.165, 1.54) is 0 Å². The summed E-state index contributed by atoms with van der Waals surface area (Å²) >= 11 is 5.00. The first-order valence-corrected chi connectivity index (χ1v) is 7.55. The zero-order valence-corrected chi connectivity index (χ0v) is 12.8. The minimum absolute atomic E-state index is 0.173. The van der Waals surface area contributed by atoms with E-state index in [1.54, 1.807) is 0 Å². The highest BCUT2D eigenvalue weighted by Gasteiger charge is 2.26. The lowest BCUT2D eigenvalue weighted by Crippen LogP contribution is -2.49. The minimum atomic E-state index is -0.252. The largest absolute Gasteiger partial charge is 0.492 e. The van der Waals surface area contributed by atoms with Crippen molar-refractivity contribution in [2.24, 2.45) is 11.5 Å². The number of thiocarbonyl (C=S) groups is 1. The summed E-state index contributed by atoms with van der Waals surface area (Å²) in [5, 5.41) is 0. The van der Waals surface area contributed by atoms with Gasteiger partial charge >= 0.3 is 0 Å². The summed E-state index contributed by atoms with van der Waals surface area (Å²) in [5.74, 6) is 0.427. The lowest BCUT2D eigenvalue weighted by atomic mass is 10.0. The quantitative estimate of drug-likeness (QED) is 0.768. The van der Waals surface area contributed by atoms with Crippen LogP contribution in [0.5, 0.6) is 5.75 Å². The molecular formula is C15H21N3O2S. The van der Waals surface area contributed by atoms with Gasteiger partial charge in [0.1, 0.15) is 17.3 Å². The van der Waals surface area contributed by atoms with E-state index in [1.807, 2.05) is 24.3 Å². The molecule has 0 radical (unpaired) electrons. The molecule has 0 spiro atoms.